The zero-order chi connectivity index (χ0) is 13.2. The summed E-state index contributed by atoms with van der Waals surface area (Å²) in [6, 6.07) is 0. The van der Waals surface area contributed by atoms with Crippen molar-refractivity contribution < 1.29 is 19.2 Å². The summed E-state index contributed by atoms with van der Waals surface area (Å²) in [6.45, 7) is 1.32. The van der Waals surface area contributed by atoms with Gasteiger partial charge in [-0.15, -0.1) is 0 Å². The molecule has 0 bridgehead atoms. The van der Waals surface area contributed by atoms with Crippen LogP contribution in [0.4, 0.5) is 0 Å². The summed E-state index contributed by atoms with van der Waals surface area (Å²) >= 11 is 0. The van der Waals surface area contributed by atoms with Crippen LogP contribution in [-0.4, -0.2) is 53.5 Å². The first kappa shape index (κ1) is 12.6. The molecule has 104 valence electrons. The molecule has 1 aliphatic heterocycles. The Morgan fingerprint density at radius 2 is 2.26 bits per heavy atom. The van der Waals surface area contributed by atoms with Crippen molar-refractivity contribution >= 4 is 5.91 Å². The second-order valence-electron chi connectivity index (χ2n) is 5.07. The maximum absolute atomic E-state index is 12.4. The zero-order valence-electron chi connectivity index (χ0n) is 10.8. The average molecular weight is 266 g/mol. The number of amides is 1. The molecule has 1 atom stereocenters. The third-order valence-corrected chi connectivity index (χ3v) is 3.78. The van der Waals surface area contributed by atoms with Gasteiger partial charge in [-0.1, -0.05) is 5.16 Å². The third kappa shape index (κ3) is 2.37. The highest BCUT2D eigenvalue weighted by Crippen LogP contribution is 2.25. The lowest BCUT2D eigenvalue weighted by atomic mass is 9.96. The van der Waals surface area contributed by atoms with Crippen LogP contribution in [0.3, 0.4) is 0 Å². The molecule has 0 saturated carbocycles. The van der Waals surface area contributed by atoms with E-state index in [0.717, 1.165) is 36.9 Å². The molecule has 6 heteroatoms. The summed E-state index contributed by atoms with van der Waals surface area (Å²) in [5.74, 6) is 0.255. The number of aryl methyl sites for hydroxylation is 1. The van der Waals surface area contributed by atoms with Gasteiger partial charge in [-0.25, -0.2) is 0 Å². The van der Waals surface area contributed by atoms with E-state index in [1.165, 1.54) is 0 Å². The molecule has 2 heterocycles. The Hall–Kier alpha value is -1.40. The molecule has 0 aromatic carbocycles. The molecular weight excluding hydrogens is 248 g/mol. The van der Waals surface area contributed by atoms with Crippen molar-refractivity contribution in [2.24, 2.45) is 0 Å². The smallest absolute Gasteiger partial charge is 0.292 e. The van der Waals surface area contributed by atoms with Gasteiger partial charge < -0.3 is 19.3 Å². The molecule has 1 aromatic heterocycles. The van der Waals surface area contributed by atoms with Gasteiger partial charge in [0, 0.05) is 18.7 Å². The summed E-state index contributed by atoms with van der Waals surface area (Å²) in [6.07, 6.45) is 3.66. The Morgan fingerprint density at radius 3 is 3.11 bits per heavy atom. The van der Waals surface area contributed by atoms with E-state index in [1.807, 2.05) is 0 Å². The van der Waals surface area contributed by atoms with E-state index in [0.29, 0.717) is 25.5 Å². The minimum absolute atomic E-state index is 0.0711. The number of carbonyl (C=O) groups is 1. The molecule has 1 N–H and O–H groups in total. The third-order valence-electron chi connectivity index (χ3n) is 3.78. The maximum atomic E-state index is 12.4. The first-order valence-corrected chi connectivity index (χ1v) is 6.78. The summed E-state index contributed by atoms with van der Waals surface area (Å²) < 4.78 is 10.6. The van der Waals surface area contributed by atoms with E-state index in [2.05, 4.69) is 5.16 Å². The van der Waals surface area contributed by atoms with Crippen molar-refractivity contribution in [3.05, 3.63) is 17.0 Å². The molecule has 1 saturated heterocycles. The van der Waals surface area contributed by atoms with Crippen LogP contribution in [0.1, 0.15) is 34.7 Å². The van der Waals surface area contributed by atoms with E-state index in [-0.39, 0.29) is 18.6 Å². The highest BCUT2D eigenvalue weighted by atomic mass is 16.5. The molecule has 6 nitrogen and oxygen atoms in total. The number of aromatic nitrogens is 1. The summed E-state index contributed by atoms with van der Waals surface area (Å²) in [7, 11) is 0. The van der Waals surface area contributed by atoms with Crippen molar-refractivity contribution in [1.82, 2.24) is 10.1 Å². The predicted molar refractivity (Wildman–Crippen MR) is 65.9 cm³/mol. The number of morpholine rings is 1. The number of hydrogen-bond donors (Lipinski definition) is 1. The van der Waals surface area contributed by atoms with Crippen LogP contribution in [0.2, 0.25) is 0 Å². The van der Waals surface area contributed by atoms with Crippen molar-refractivity contribution in [2.45, 2.75) is 31.8 Å². The van der Waals surface area contributed by atoms with Gasteiger partial charge in [-0.3, -0.25) is 4.79 Å². The Bertz CT molecular complexity index is 471. The maximum Gasteiger partial charge on any atom is 0.292 e. The van der Waals surface area contributed by atoms with Crippen molar-refractivity contribution in [1.29, 1.82) is 0 Å². The van der Waals surface area contributed by atoms with Gasteiger partial charge in [0.25, 0.3) is 5.91 Å². The number of ether oxygens (including phenoxy) is 1. The van der Waals surface area contributed by atoms with Gasteiger partial charge in [-0.2, -0.15) is 0 Å². The quantitative estimate of drug-likeness (QED) is 0.838. The van der Waals surface area contributed by atoms with Crippen LogP contribution in [0.25, 0.3) is 0 Å². The van der Waals surface area contributed by atoms with Gasteiger partial charge >= 0.3 is 0 Å². The Kier molecular flexibility index (Phi) is 3.52. The van der Waals surface area contributed by atoms with E-state index in [1.54, 1.807) is 4.90 Å². The number of aliphatic hydroxyl groups excluding tert-OH is 1. The highest BCUT2D eigenvalue weighted by Gasteiger charge is 2.30. The minimum Gasteiger partial charge on any atom is -0.394 e. The van der Waals surface area contributed by atoms with E-state index in [4.69, 9.17) is 14.4 Å². The van der Waals surface area contributed by atoms with Crippen LogP contribution in [-0.2, 0) is 17.6 Å². The largest absolute Gasteiger partial charge is 0.394 e. The Morgan fingerprint density at radius 1 is 1.42 bits per heavy atom. The molecule has 2 aliphatic rings. The standard InChI is InChI=1S/C13H18N2O4/c16-8-9-7-15(5-6-18-9)13(17)12-10-3-1-2-4-11(10)14-19-12/h9,16H,1-8H2. The van der Waals surface area contributed by atoms with Crippen LogP contribution < -0.4 is 0 Å². The summed E-state index contributed by atoms with van der Waals surface area (Å²) in [5.41, 5.74) is 1.91. The number of fused-ring (bicyclic) bond motifs is 1. The minimum atomic E-state index is -0.295. The SMILES string of the molecule is O=C(c1onc2c1CCCC2)N1CCOC(CO)C1. The van der Waals surface area contributed by atoms with Crippen molar-refractivity contribution in [2.75, 3.05) is 26.3 Å². The Balaban J connectivity index is 1.78. The van der Waals surface area contributed by atoms with Gasteiger partial charge in [-0.05, 0) is 25.7 Å². The van der Waals surface area contributed by atoms with Gasteiger partial charge in [0.05, 0.1) is 25.0 Å². The number of nitrogens with zero attached hydrogens (tertiary/aromatic N) is 2. The molecule has 3 rings (SSSR count). The number of aliphatic hydroxyl groups is 1. The molecule has 1 aliphatic carbocycles. The van der Waals surface area contributed by atoms with Crippen LogP contribution in [0, 0.1) is 0 Å². The molecule has 1 unspecified atom stereocenters. The van der Waals surface area contributed by atoms with Gasteiger partial charge in [0.1, 0.15) is 0 Å². The first-order valence-electron chi connectivity index (χ1n) is 6.78. The molecule has 1 aromatic rings. The lowest BCUT2D eigenvalue weighted by Gasteiger charge is -2.31. The van der Waals surface area contributed by atoms with E-state index >= 15 is 0 Å². The van der Waals surface area contributed by atoms with Crippen LogP contribution >= 0.6 is 0 Å². The first-order chi connectivity index (χ1) is 9.29. The summed E-state index contributed by atoms with van der Waals surface area (Å²) in [5, 5.41) is 13.1. The van der Waals surface area contributed by atoms with Crippen LogP contribution in [0.15, 0.2) is 4.52 Å². The summed E-state index contributed by atoms with van der Waals surface area (Å²) in [4.78, 5) is 14.1. The molecule has 0 spiro atoms. The molecular formula is C13H18N2O4. The fourth-order valence-electron chi connectivity index (χ4n) is 2.72. The average Bonchev–Trinajstić information content (AvgIpc) is 2.90. The second-order valence-corrected chi connectivity index (χ2v) is 5.07. The lowest BCUT2D eigenvalue weighted by Crippen LogP contribution is -2.47. The molecule has 1 fully saturated rings. The highest BCUT2D eigenvalue weighted by molar-refractivity contribution is 5.93. The zero-order valence-corrected chi connectivity index (χ0v) is 10.8. The van der Waals surface area contributed by atoms with E-state index < -0.39 is 0 Å². The normalized spacial score (nSPS) is 23.2. The second kappa shape index (κ2) is 5.30. The topological polar surface area (TPSA) is 75.8 Å². The molecule has 19 heavy (non-hydrogen) atoms. The number of rotatable bonds is 2. The fraction of sp³-hybridized carbons (Fsp3) is 0.692. The predicted octanol–water partition coefficient (Wildman–Crippen LogP) is 0.387. The van der Waals surface area contributed by atoms with Crippen molar-refractivity contribution in [3.8, 4) is 0 Å². The number of carbonyl (C=O) groups excluding carboxylic acids is 1. The lowest BCUT2D eigenvalue weighted by molar-refractivity contribution is -0.0455. The van der Waals surface area contributed by atoms with Crippen molar-refractivity contribution in [3.63, 3.8) is 0 Å². The molecule has 0 radical (unpaired) electrons. The Labute approximate surface area is 111 Å². The monoisotopic (exact) mass is 266 g/mol. The van der Waals surface area contributed by atoms with Gasteiger partial charge in [0.2, 0.25) is 5.76 Å². The molecule has 1 amide bonds. The number of hydrogen-bond acceptors (Lipinski definition) is 5. The fourth-order valence-corrected chi connectivity index (χ4v) is 2.72. The van der Waals surface area contributed by atoms with Gasteiger partial charge in [0.15, 0.2) is 0 Å². The van der Waals surface area contributed by atoms with E-state index in [9.17, 15) is 4.79 Å². The van der Waals surface area contributed by atoms with Crippen LogP contribution in [0.5, 0.6) is 0 Å².